The van der Waals surface area contributed by atoms with E-state index in [1.54, 1.807) is 7.05 Å². The summed E-state index contributed by atoms with van der Waals surface area (Å²) in [6, 6.07) is 15.1. The first kappa shape index (κ1) is 15.3. The number of carbonyl (C=O) groups is 2. The molecule has 1 atom stereocenters. The zero-order valence-electron chi connectivity index (χ0n) is 13.4. The first-order valence-electron chi connectivity index (χ1n) is 7.73. The van der Waals surface area contributed by atoms with E-state index in [1.807, 2.05) is 55.5 Å². The van der Waals surface area contributed by atoms with Crippen LogP contribution in [0.25, 0.3) is 0 Å². The Morgan fingerprint density at radius 3 is 2.61 bits per heavy atom. The quantitative estimate of drug-likeness (QED) is 0.946. The summed E-state index contributed by atoms with van der Waals surface area (Å²) in [5, 5.41) is 2.95. The van der Waals surface area contributed by atoms with Gasteiger partial charge in [0.1, 0.15) is 6.04 Å². The Bertz CT molecular complexity index is 737. The van der Waals surface area contributed by atoms with E-state index in [9.17, 15) is 9.59 Å². The number of aryl methyl sites for hydroxylation is 1. The molecular formula is C19H20N2O2. The van der Waals surface area contributed by atoms with Gasteiger partial charge in [-0.3, -0.25) is 9.59 Å². The highest BCUT2D eigenvalue weighted by molar-refractivity contribution is 5.92. The van der Waals surface area contributed by atoms with E-state index in [4.69, 9.17) is 0 Å². The van der Waals surface area contributed by atoms with E-state index in [2.05, 4.69) is 5.32 Å². The molecule has 0 fully saturated rings. The molecule has 1 aliphatic rings. The van der Waals surface area contributed by atoms with Gasteiger partial charge in [0.15, 0.2) is 0 Å². The summed E-state index contributed by atoms with van der Waals surface area (Å²) >= 11 is 0. The number of nitrogens with zero attached hydrogens (tertiary/aromatic N) is 1. The molecule has 0 radical (unpaired) electrons. The molecule has 2 aromatic rings. The number of nitrogens with one attached hydrogen (secondary N) is 1. The highest BCUT2D eigenvalue weighted by Crippen LogP contribution is 2.29. The Kier molecular flexibility index (Phi) is 4.15. The van der Waals surface area contributed by atoms with Crippen molar-refractivity contribution in [2.24, 2.45) is 0 Å². The van der Waals surface area contributed by atoms with Crippen LogP contribution in [0.3, 0.4) is 0 Å². The fraction of sp³-hybridized carbons (Fsp3) is 0.263. The third-order valence-electron chi connectivity index (χ3n) is 4.31. The number of carbonyl (C=O) groups excluding carboxylic acids is 2. The standard InChI is InChI=1S/C19H20N2O2/c1-13-7-9-14(10-8-13)12-20-19(23)18-16-6-4-3-5-15(16)11-17(22)21(18)2/h3-10,18H,11-12H2,1-2H3,(H,20,23)/t18-/m1/s1. The van der Waals surface area contributed by atoms with Gasteiger partial charge in [-0.2, -0.15) is 0 Å². The molecule has 1 heterocycles. The summed E-state index contributed by atoms with van der Waals surface area (Å²) < 4.78 is 0. The topological polar surface area (TPSA) is 49.4 Å². The third-order valence-corrected chi connectivity index (χ3v) is 4.31. The van der Waals surface area contributed by atoms with Crippen molar-refractivity contribution in [3.8, 4) is 0 Å². The normalized spacial score (nSPS) is 16.9. The number of hydrogen-bond donors (Lipinski definition) is 1. The van der Waals surface area contributed by atoms with E-state index in [0.717, 1.165) is 16.7 Å². The Hall–Kier alpha value is -2.62. The number of benzene rings is 2. The number of hydrogen-bond acceptors (Lipinski definition) is 2. The molecule has 0 spiro atoms. The number of likely N-dealkylation sites (N-methyl/N-ethyl adjacent to an activating group) is 1. The van der Waals surface area contributed by atoms with Gasteiger partial charge in [-0.1, -0.05) is 54.1 Å². The van der Waals surface area contributed by atoms with Crippen molar-refractivity contribution >= 4 is 11.8 Å². The van der Waals surface area contributed by atoms with E-state index in [0.29, 0.717) is 13.0 Å². The van der Waals surface area contributed by atoms with Gasteiger partial charge in [0.05, 0.1) is 6.42 Å². The van der Waals surface area contributed by atoms with Crippen molar-refractivity contribution in [2.75, 3.05) is 7.05 Å². The van der Waals surface area contributed by atoms with Crippen LogP contribution < -0.4 is 5.32 Å². The minimum Gasteiger partial charge on any atom is -0.350 e. The van der Waals surface area contributed by atoms with Crippen molar-refractivity contribution in [1.82, 2.24) is 10.2 Å². The van der Waals surface area contributed by atoms with Gasteiger partial charge in [-0.05, 0) is 23.6 Å². The summed E-state index contributed by atoms with van der Waals surface area (Å²) in [4.78, 5) is 26.3. The van der Waals surface area contributed by atoms with Crippen LogP contribution in [0.1, 0.15) is 28.3 Å². The maximum Gasteiger partial charge on any atom is 0.247 e. The molecule has 4 nitrogen and oxygen atoms in total. The van der Waals surface area contributed by atoms with Gasteiger partial charge in [0.25, 0.3) is 0 Å². The van der Waals surface area contributed by atoms with E-state index < -0.39 is 6.04 Å². The SMILES string of the molecule is Cc1ccc(CNC(=O)[C@H]2c3ccccc3CC(=O)N2C)cc1. The van der Waals surface area contributed by atoms with E-state index in [1.165, 1.54) is 10.5 Å². The van der Waals surface area contributed by atoms with Crippen molar-refractivity contribution in [3.63, 3.8) is 0 Å². The molecule has 118 valence electrons. The molecule has 0 aliphatic carbocycles. The molecule has 4 heteroatoms. The second kappa shape index (κ2) is 6.24. The summed E-state index contributed by atoms with van der Waals surface area (Å²) in [6.07, 6.45) is 0.356. The van der Waals surface area contributed by atoms with Crippen LogP contribution in [0.5, 0.6) is 0 Å². The van der Waals surface area contributed by atoms with Crippen molar-refractivity contribution in [1.29, 1.82) is 0 Å². The van der Waals surface area contributed by atoms with E-state index in [-0.39, 0.29) is 11.8 Å². The average Bonchev–Trinajstić information content (AvgIpc) is 2.55. The number of fused-ring (bicyclic) bond motifs is 1. The minimum atomic E-state index is -0.558. The van der Waals surface area contributed by atoms with Crippen LogP contribution >= 0.6 is 0 Å². The maximum absolute atomic E-state index is 12.7. The zero-order valence-corrected chi connectivity index (χ0v) is 13.4. The van der Waals surface area contributed by atoms with Gasteiger partial charge in [0, 0.05) is 13.6 Å². The predicted octanol–water partition coefficient (Wildman–Crippen LogP) is 2.37. The summed E-state index contributed by atoms with van der Waals surface area (Å²) in [5.74, 6) is -0.173. The van der Waals surface area contributed by atoms with Gasteiger partial charge >= 0.3 is 0 Å². The van der Waals surface area contributed by atoms with Crippen LogP contribution in [0, 0.1) is 6.92 Å². The van der Waals surface area contributed by atoms with Gasteiger partial charge in [-0.25, -0.2) is 0 Å². The van der Waals surface area contributed by atoms with Crippen LogP contribution in [0.2, 0.25) is 0 Å². The zero-order chi connectivity index (χ0) is 16.4. The van der Waals surface area contributed by atoms with Crippen molar-refractivity contribution in [3.05, 3.63) is 70.8 Å². The van der Waals surface area contributed by atoms with Gasteiger partial charge < -0.3 is 10.2 Å². The third kappa shape index (κ3) is 3.11. The lowest BCUT2D eigenvalue weighted by molar-refractivity contribution is -0.140. The van der Waals surface area contributed by atoms with E-state index >= 15 is 0 Å². The Balaban J connectivity index is 1.78. The monoisotopic (exact) mass is 308 g/mol. The molecule has 1 aliphatic heterocycles. The molecular weight excluding hydrogens is 288 g/mol. The van der Waals surface area contributed by atoms with Crippen molar-refractivity contribution in [2.45, 2.75) is 25.9 Å². The molecule has 0 unspecified atom stereocenters. The molecule has 23 heavy (non-hydrogen) atoms. The second-order valence-corrected chi connectivity index (χ2v) is 5.99. The summed E-state index contributed by atoms with van der Waals surface area (Å²) in [5.41, 5.74) is 4.08. The molecule has 0 saturated heterocycles. The lowest BCUT2D eigenvalue weighted by Crippen LogP contribution is -2.45. The number of rotatable bonds is 3. The van der Waals surface area contributed by atoms with Gasteiger partial charge in [-0.15, -0.1) is 0 Å². The summed E-state index contributed by atoms with van der Waals surface area (Å²) in [7, 11) is 1.69. The van der Waals surface area contributed by atoms with Crippen molar-refractivity contribution < 1.29 is 9.59 Å². The summed E-state index contributed by atoms with van der Waals surface area (Å²) in [6.45, 7) is 2.49. The van der Waals surface area contributed by atoms with Crippen LogP contribution in [-0.4, -0.2) is 23.8 Å². The van der Waals surface area contributed by atoms with Crippen LogP contribution in [0.4, 0.5) is 0 Å². The largest absolute Gasteiger partial charge is 0.350 e. The highest BCUT2D eigenvalue weighted by Gasteiger charge is 2.34. The molecule has 0 aromatic heterocycles. The fourth-order valence-electron chi connectivity index (χ4n) is 2.91. The smallest absolute Gasteiger partial charge is 0.247 e. The lowest BCUT2D eigenvalue weighted by atomic mass is 9.92. The molecule has 1 N–H and O–H groups in total. The Morgan fingerprint density at radius 2 is 1.87 bits per heavy atom. The first-order chi connectivity index (χ1) is 11.1. The van der Waals surface area contributed by atoms with Crippen LogP contribution in [0.15, 0.2) is 48.5 Å². The molecule has 2 aromatic carbocycles. The van der Waals surface area contributed by atoms with Crippen LogP contribution in [-0.2, 0) is 22.6 Å². The minimum absolute atomic E-state index is 0.0285. The maximum atomic E-state index is 12.7. The first-order valence-corrected chi connectivity index (χ1v) is 7.73. The predicted molar refractivity (Wildman–Crippen MR) is 88.7 cm³/mol. The second-order valence-electron chi connectivity index (χ2n) is 5.99. The Labute approximate surface area is 136 Å². The lowest BCUT2D eigenvalue weighted by Gasteiger charge is -2.33. The Morgan fingerprint density at radius 1 is 1.17 bits per heavy atom. The fourth-order valence-corrected chi connectivity index (χ4v) is 2.91. The average molecular weight is 308 g/mol. The molecule has 2 amide bonds. The molecule has 3 rings (SSSR count). The van der Waals surface area contributed by atoms with Gasteiger partial charge in [0.2, 0.25) is 11.8 Å². The molecule has 0 saturated carbocycles. The molecule has 0 bridgehead atoms. The number of amides is 2. The highest BCUT2D eigenvalue weighted by atomic mass is 16.2.